The van der Waals surface area contributed by atoms with Crippen LogP contribution in [0, 0.1) is 5.92 Å². The summed E-state index contributed by atoms with van der Waals surface area (Å²) >= 11 is 0. The average Bonchev–Trinajstić information content (AvgIpc) is 2.78. The molecule has 1 saturated carbocycles. The fourth-order valence-corrected chi connectivity index (χ4v) is 6.92. The first-order valence-electron chi connectivity index (χ1n) is 11.0. The van der Waals surface area contributed by atoms with Crippen LogP contribution < -0.4 is 0 Å². The molecule has 1 aliphatic carbocycles. The standard InChI is InChI=1S/C22H32N2O4S/c1-2-17-9-10-19(16-21(17)29(26,27)23-12-14-28-15-13-23)22(25)24-11-5-7-18-6-3-4-8-20(18)24/h9-10,16,18,20H,2-8,11-15H2,1H3. The Hall–Kier alpha value is -1.44. The van der Waals surface area contributed by atoms with Gasteiger partial charge in [-0.15, -0.1) is 0 Å². The Labute approximate surface area is 174 Å². The molecule has 2 saturated heterocycles. The molecule has 4 rings (SSSR count). The molecule has 6 nitrogen and oxygen atoms in total. The van der Waals surface area contributed by atoms with Gasteiger partial charge in [0.2, 0.25) is 10.0 Å². The van der Waals surface area contributed by atoms with Crippen LogP contribution in [0.15, 0.2) is 23.1 Å². The number of carbonyl (C=O) groups excluding carboxylic acids is 1. The van der Waals surface area contributed by atoms with Crippen LogP contribution in [0.25, 0.3) is 0 Å². The molecular formula is C22H32N2O4S. The average molecular weight is 421 g/mol. The number of amides is 1. The van der Waals surface area contributed by atoms with Gasteiger partial charge in [0.1, 0.15) is 0 Å². The molecule has 3 aliphatic rings. The summed E-state index contributed by atoms with van der Waals surface area (Å²) in [4.78, 5) is 15.7. The Bertz CT molecular complexity index is 846. The van der Waals surface area contributed by atoms with Crippen LogP contribution in [0.4, 0.5) is 0 Å². The Kier molecular flexibility index (Phi) is 6.27. The molecule has 160 valence electrons. The van der Waals surface area contributed by atoms with Crippen molar-refractivity contribution in [1.29, 1.82) is 0 Å². The molecule has 1 aromatic rings. The van der Waals surface area contributed by atoms with Gasteiger partial charge in [-0.2, -0.15) is 4.31 Å². The van der Waals surface area contributed by atoms with E-state index in [-0.39, 0.29) is 10.8 Å². The number of morpholine rings is 1. The number of likely N-dealkylation sites (tertiary alicyclic amines) is 1. The number of piperidine rings is 1. The van der Waals surface area contributed by atoms with Crippen molar-refractivity contribution in [1.82, 2.24) is 9.21 Å². The van der Waals surface area contributed by atoms with E-state index >= 15 is 0 Å². The summed E-state index contributed by atoms with van der Waals surface area (Å²) in [6.07, 6.45) is 7.58. The van der Waals surface area contributed by atoms with Crippen LogP contribution in [-0.2, 0) is 21.2 Å². The lowest BCUT2D eigenvalue weighted by atomic mass is 9.78. The molecule has 1 amide bonds. The third-order valence-corrected chi connectivity index (χ3v) is 8.77. The Morgan fingerprint density at radius 2 is 1.79 bits per heavy atom. The summed E-state index contributed by atoms with van der Waals surface area (Å²) < 4.78 is 33.4. The lowest BCUT2D eigenvalue weighted by molar-refractivity contribution is 0.0390. The summed E-state index contributed by atoms with van der Waals surface area (Å²) in [6.45, 7) is 4.28. The van der Waals surface area contributed by atoms with E-state index in [0.29, 0.717) is 50.2 Å². The van der Waals surface area contributed by atoms with Gasteiger partial charge in [0, 0.05) is 31.2 Å². The molecule has 0 N–H and O–H groups in total. The van der Waals surface area contributed by atoms with Gasteiger partial charge in [0.15, 0.2) is 0 Å². The zero-order chi connectivity index (χ0) is 20.4. The van der Waals surface area contributed by atoms with Crippen molar-refractivity contribution in [3.05, 3.63) is 29.3 Å². The topological polar surface area (TPSA) is 66.9 Å². The number of hydrogen-bond acceptors (Lipinski definition) is 4. The number of sulfonamides is 1. The minimum absolute atomic E-state index is 0.0114. The first kappa shape index (κ1) is 20.8. The third-order valence-electron chi connectivity index (χ3n) is 6.79. The van der Waals surface area contributed by atoms with Crippen LogP contribution in [0.1, 0.15) is 61.4 Å². The summed E-state index contributed by atoms with van der Waals surface area (Å²) in [7, 11) is -3.63. The van der Waals surface area contributed by atoms with E-state index < -0.39 is 10.0 Å². The minimum Gasteiger partial charge on any atom is -0.379 e. The highest BCUT2D eigenvalue weighted by molar-refractivity contribution is 7.89. The van der Waals surface area contributed by atoms with Gasteiger partial charge >= 0.3 is 0 Å². The fraction of sp³-hybridized carbons (Fsp3) is 0.682. The molecule has 2 aliphatic heterocycles. The Morgan fingerprint density at radius 3 is 2.55 bits per heavy atom. The molecule has 2 heterocycles. The van der Waals surface area contributed by atoms with Gasteiger partial charge in [-0.3, -0.25) is 4.79 Å². The number of ether oxygens (including phenoxy) is 1. The van der Waals surface area contributed by atoms with E-state index in [1.54, 1.807) is 6.07 Å². The van der Waals surface area contributed by atoms with E-state index in [2.05, 4.69) is 0 Å². The van der Waals surface area contributed by atoms with Crippen molar-refractivity contribution in [3.63, 3.8) is 0 Å². The molecule has 0 bridgehead atoms. The zero-order valence-corrected chi connectivity index (χ0v) is 18.1. The normalized spacial score (nSPS) is 26.2. The maximum absolute atomic E-state index is 13.4. The predicted octanol–water partition coefficient (Wildman–Crippen LogP) is 3.06. The SMILES string of the molecule is CCc1ccc(C(=O)N2CCCC3CCCCC32)cc1S(=O)(=O)N1CCOCC1. The van der Waals surface area contributed by atoms with Crippen molar-refractivity contribution in [3.8, 4) is 0 Å². The quantitative estimate of drug-likeness (QED) is 0.751. The molecule has 3 fully saturated rings. The van der Waals surface area contributed by atoms with Gasteiger partial charge in [-0.25, -0.2) is 8.42 Å². The van der Waals surface area contributed by atoms with Gasteiger partial charge in [-0.05, 0) is 55.7 Å². The first-order valence-corrected chi connectivity index (χ1v) is 12.5. The van der Waals surface area contributed by atoms with E-state index in [1.807, 2.05) is 24.0 Å². The maximum Gasteiger partial charge on any atom is 0.254 e. The number of hydrogen-bond donors (Lipinski definition) is 0. The largest absolute Gasteiger partial charge is 0.379 e. The van der Waals surface area contributed by atoms with Crippen molar-refractivity contribution >= 4 is 15.9 Å². The van der Waals surface area contributed by atoms with Crippen molar-refractivity contribution in [2.75, 3.05) is 32.8 Å². The van der Waals surface area contributed by atoms with E-state index in [9.17, 15) is 13.2 Å². The molecule has 0 spiro atoms. The van der Waals surface area contributed by atoms with Crippen LogP contribution in [0.3, 0.4) is 0 Å². The van der Waals surface area contributed by atoms with Crippen LogP contribution in [-0.4, -0.2) is 62.4 Å². The van der Waals surface area contributed by atoms with Crippen molar-refractivity contribution < 1.29 is 17.9 Å². The van der Waals surface area contributed by atoms with Crippen molar-refractivity contribution in [2.24, 2.45) is 5.92 Å². The van der Waals surface area contributed by atoms with Gasteiger partial charge in [0.25, 0.3) is 5.91 Å². The van der Waals surface area contributed by atoms with Crippen LogP contribution in [0.5, 0.6) is 0 Å². The molecule has 2 atom stereocenters. The smallest absolute Gasteiger partial charge is 0.254 e. The molecule has 7 heteroatoms. The Morgan fingerprint density at radius 1 is 1.07 bits per heavy atom. The van der Waals surface area contributed by atoms with Gasteiger partial charge < -0.3 is 9.64 Å². The number of nitrogens with zero attached hydrogens (tertiary/aromatic N) is 2. The molecular weight excluding hydrogens is 388 g/mol. The monoisotopic (exact) mass is 420 g/mol. The third kappa shape index (κ3) is 4.09. The van der Waals surface area contributed by atoms with Crippen LogP contribution >= 0.6 is 0 Å². The summed E-state index contributed by atoms with van der Waals surface area (Å²) in [5.41, 5.74) is 1.27. The van der Waals surface area contributed by atoms with Crippen LogP contribution in [0.2, 0.25) is 0 Å². The van der Waals surface area contributed by atoms with Gasteiger partial charge in [-0.1, -0.05) is 25.8 Å². The predicted molar refractivity (Wildman–Crippen MR) is 111 cm³/mol. The lowest BCUT2D eigenvalue weighted by Gasteiger charge is -2.44. The first-order chi connectivity index (χ1) is 14.0. The number of benzene rings is 1. The molecule has 2 unspecified atom stereocenters. The highest BCUT2D eigenvalue weighted by Gasteiger charge is 2.36. The van der Waals surface area contributed by atoms with Crippen molar-refractivity contribution in [2.45, 2.75) is 62.8 Å². The maximum atomic E-state index is 13.4. The summed E-state index contributed by atoms with van der Waals surface area (Å²) in [6, 6.07) is 5.57. The van der Waals surface area contributed by atoms with E-state index in [1.165, 1.54) is 30.0 Å². The second kappa shape index (κ2) is 8.74. The molecule has 29 heavy (non-hydrogen) atoms. The van der Waals surface area contributed by atoms with E-state index in [0.717, 1.165) is 24.9 Å². The summed E-state index contributed by atoms with van der Waals surface area (Å²) in [5.74, 6) is 0.593. The number of carbonyl (C=O) groups is 1. The minimum atomic E-state index is -3.63. The second-order valence-corrected chi connectivity index (χ2v) is 10.4. The number of aryl methyl sites for hydroxylation is 1. The molecule has 0 radical (unpaired) electrons. The van der Waals surface area contributed by atoms with Gasteiger partial charge in [0.05, 0.1) is 18.1 Å². The molecule has 0 aromatic heterocycles. The zero-order valence-electron chi connectivity index (χ0n) is 17.3. The highest BCUT2D eigenvalue weighted by atomic mass is 32.2. The highest BCUT2D eigenvalue weighted by Crippen LogP contribution is 2.36. The lowest BCUT2D eigenvalue weighted by Crippen LogP contribution is -2.49. The Balaban J connectivity index is 1.64. The number of fused-ring (bicyclic) bond motifs is 1. The fourth-order valence-electron chi connectivity index (χ4n) is 5.19. The second-order valence-electron chi connectivity index (χ2n) is 8.45. The molecule has 1 aromatic carbocycles. The number of rotatable bonds is 4. The van der Waals surface area contributed by atoms with E-state index in [4.69, 9.17) is 4.74 Å². The summed E-state index contributed by atoms with van der Waals surface area (Å²) in [5, 5.41) is 0.